The van der Waals surface area contributed by atoms with Crippen LogP contribution in [0.5, 0.6) is 0 Å². The third-order valence-corrected chi connectivity index (χ3v) is 1.92. The SMILES string of the molecule is CCOC(=O)C(=O)C/C=C/c1ccccc1. The van der Waals surface area contributed by atoms with Crippen molar-refractivity contribution < 1.29 is 14.3 Å². The van der Waals surface area contributed by atoms with Crippen LogP contribution in [0.1, 0.15) is 18.9 Å². The number of carbonyl (C=O) groups is 2. The van der Waals surface area contributed by atoms with Crippen molar-refractivity contribution in [3.8, 4) is 0 Å². The van der Waals surface area contributed by atoms with Crippen molar-refractivity contribution in [3.63, 3.8) is 0 Å². The molecule has 84 valence electrons. The molecule has 1 rings (SSSR count). The Morgan fingerprint density at radius 1 is 1.25 bits per heavy atom. The van der Waals surface area contributed by atoms with Crippen molar-refractivity contribution in [3.05, 3.63) is 42.0 Å². The number of hydrogen-bond acceptors (Lipinski definition) is 3. The van der Waals surface area contributed by atoms with Crippen LogP contribution in [0.25, 0.3) is 6.08 Å². The van der Waals surface area contributed by atoms with Crippen LogP contribution >= 0.6 is 0 Å². The molecule has 0 saturated heterocycles. The summed E-state index contributed by atoms with van der Waals surface area (Å²) in [6, 6.07) is 9.58. The van der Waals surface area contributed by atoms with Gasteiger partial charge in [-0.2, -0.15) is 0 Å². The van der Waals surface area contributed by atoms with Crippen molar-refractivity contribution in [1.82, 2.24) is 0 Å². The van der Waals surface area contributed by atoms with Gasteiger partial charge in [-0.25, -0.2) is 4.79 Å². The molecule has 1 aromatic carbocycles. The van der Waals surface area contributed by atoms with E-state index in [9.17, 15) is 9.59 Å². The van der Waals surface area contributed by atoms with Gasteiger partial charge in [0.05, 0.1) is 6.61 Å². The average Bonchev–Trinajstić information content (AvgIpc) is 2.30. The van der Waals surface area contributed by atoms with Gasteiger partial charge in [-0.1, -0.05) is 42.5 Å². The third-order valence-electron chi connectivity index (χ3n) is 1.92. The number of esters is 1. The van der Waals surface area contributed by atoms with E-state index in [0.29, 0.717) is 0 Å². The molecule has 0 amide bonds. The fourth-order valence-corrected chi connectivity index (χ4v) is 1.16. The average molecular weight is 218 g/mol. The number of benzene rings is 1. The normalized spacial score (nSPS) is 10.3. The summed E-state index contributed by atoms with van der Waals surface area (Å²) in [5, 5.41) is 0. The summed E-state index contributed by atoms with van der Waals surface area (Å²) in [5.74, 6) is -1.28. The van der Waals surface area contributed by atoms with Crippen LogP contribution in [0, 0.1) is 0 Å². The zero-order valence-electron chi connectivity index (χ0n) is 9.18. The number of hydrogen-bond donors (Lipinski definition) is 0. The van der Waals surface area contributed by atoms with Gasteiger partial charge in [0, 0.05) is 6.42 Å². The minimum atomic E-state index is -0.764. The molecule has 0 unspecified atom stereocenters. The molecule has 3 heteroatoms. The van der Waals surface area contributed by atoms with Gasteiger partial charge in [-0.3, -0.25) is 4.79 Å². The summed E-state index contributed by atoms with van der Waals surface area (Å²) in [6.45, 7) is 1.90. The first kappa shape index (κ1) is 12.2. The minimum Gasteiger partial charge on any atom is -0.460 e. The summed E-state index contributed by atoms with van der Waals surface area (Å²) >= 11 is 0. The standard InChI is InChI=1S/C13H14O3/c1-2-16-13(15)12(14)10-6-9-11-7-4-3-5-8-11/h3-9H,2,10H2,1H3/b9-6+. The van der Waals surface area contributed by atoms with Crippen molar-refractivity contribution in [2.24, 2.45) is 0 Å². The lowest BCUT2D eigenvalue weighted by Gasteiger charge is -1.97. The molecule has 1 aromatic rings. The highest BCUT2D eigenvalue weighted by molar-refractivity contribution is 6.34. The lowest BCUT2D eigenvalue weighted by atomic mass is 10.2. The Labute approximate surface area is 94.7 Å². The Hall–Kier alpha value is -1.90. The Bertz CT molecular complexity index is 379. The topological polar surface area (TPSA) is 43.4 Å². The van der Waals surface area contributed by atoms with E-state index in [-0.39, 0.29) is 13.0 Å². The number of ether oxygens (including phenoxy) is 1. The van der Waals surface area contributed by atoms with Crippen LogP contribution in [-0.4, -0.2) is 18.4 Å². The molecule has 0 heterocycles. The lowest BCUT2D eigenvalue weighted by molar-refractivity contribution is -0.153. The van der Waals surface area contributed by atoms with Crippen LogP contribution < -0.4 is 0 Å². The molecular formula is C13H14O3. The number of ketones is 1. The zero-order valence-corrected chi connectivity index (χ0v) is 9.18. The third kappa shape index (κ3) is 4.09. The van der Waals surface area contributed by atoms with E-state index < -0.39 is 11.8 Å². The molecule has 3 nitrogen and oxygen atoms in total. The predicted molar refractivity (Wildman–Crippen MR) is 61.7 cm³/mol. The Kier molecular flexibility index (Phi) is 4.99. The monoisotopic (exact) mass is 218 g/mol. The van der Waals surface area contributed by atoms with E-state index in [2.05, 4.69) is 4.74 Å². The molecule has 0 aliphatic carbocycles. The molecule has 0 radical (unpaired) electrons. The summed E-state index contributed by atoms with van der Waals surface area (Å²) in [6.07, 6.45) is 3.54. The summed E-state index contributed by atoms with van der Waals surface area (Å²) in [4.78, 5) is 22.2. The van der Waals surface area contributed by atoms with E-state index in [4.69, 9.17) is 0 Å². The molecule has 0 atom stereocenters. The highest BCUT2D eigenvalue weighted by Gasteiger charge is 2.11. The highest BCUT2D eigenvalue weighted by Crippen LogP contribution is 2.02. The second-order valence-corrected chi connectivity index (χ2v) is 3.16. The van der Waals surface area contributed by atoms with Gasteiger partial charge >= 0.3 is 5.97 Å². The number of carbonyl (C=O) groups excluding carboxylic acids is 2. The number of Topliss-reactive ketones (excluding diaryl/α,β-unsaturated/α-hetero) is 1. The molecule has 0 N–H and O–H groups in total. The Morgan fingerprint density at radius 3 is 2.56 bits per heavy atom. The first-order chi connectivity index (χ1) is 7.74. The molecule has 0 fully saturated rings. The molecule has 0 spiro atoms. The van der Waals surface area contributed by atoms with Crippen molar-refractivity contribution in [1.29, 1.82) is 0 Å². The maximum Gasteiger partial charge on any atom is 0.374 e. The number of rotatable bonds is 5. The highest BCUT2D eigenvalue weighted by atomic mass is 16.5. The van der Waals surface area contributed by atoms with Crippen LogP contribution in [0.15, 0.2) is 36.4 Å². The molecule has 0 aromatic heterocycles. The molecule has 16 heavy (non-hydrogen) atoms. The Morgan fingerprint density at radius 2 is 1.94 bits per heavy atom. The van der Waals surface area contributed by atoms with E-state index in [1.165, 1.54) is 0 Å². The van der Waals surface area contributed by atoms with Gasteiger partial charge in [0.2, 0.25) is 5.78 Å². The van der Waals surface area contributed by atoms with Gasteiger partial charge in [0.25, 0.3) is 0 Å². The van der Waals surface area contributed by atoms with Gasteiger partial charge in [-0.05, 0) is 12.5 Å². The summed E-state index contributed by atoms with van der Waals surface area (Å²) in [5.41, 5.74) is 0.999. The molecule has 0 bridgehead atoms. The van der Waals surface area contributed by atoms with Crippen molar-refractivity contribution in [2.75, 3.05) is 6.61 Å². The smallest absolute Gasteiger partial charge is 0.374 e. The van der Waals surface area contributed by atoms with Crippen molar-refractivity contribution >= 4 is 17.8 Å². The van der Waals surface area contributed by atoms with Crippen LogP contribution in [-0.2, 0) is 14.3 Å². The fourth-order valence-electron chi connectivity index (χ4n) is 1.16. The van der Waals surface area contributed by atoms with Gasteiger partial charge in [0.15, 0.2) is 0 Å². The predicted octanol–water partition coefficient (Wildman–Crippen LogP) is 2.22. The first-order valence-electron chi connectivity index (χ1n) is 5.15. The fraction of sp³-hybridized carbons (Fsp3) is 0.231. The Balaban J connectivity index is 2.43. The van der Waals surface area contributed by atoms with E-state index in [0.717, 1.165) is 5.56 Å². The van der Waals surface area contributed by atoms with Gasteiger partial charge in [-0.15, -0.1) is 0 Å². The lowest BCUT2D eigenvalue weighted by Crippen LogP contribution is -2.16. The van der Waals surface area contributed by atoms with Crippen LogP contribution in [0.2, 0.25) is 0 Å². The summed E-state index contributed by atoms with van der Waals surface area (Å²) < 4.78 is 4.58. The van der Waals surface area contributed by atoms with E-state index >= 15 is 0 Å². The quantitative estimate of drug-likeness (QED) is 0.562. The van der Waals surface area contributed by atoms with Gasteiger partial charge < -0.3 is 4.74 Å². The van der Waals surface area contributed by atoms with Gasteiger partial charge in [0.1, 0.15) is 0 Å². The zero-order chi connectivity index (χ0) is 11.8. The second kappa shape index (κ2) is 6.56. The van der Waals surface area contributed by atoms with Crippen LogP contribution in [0.3, 0.4) is 0 Å². The van der Waals surface area contributed by atoms with E-state index in [1.54, 1.807) is 19.1 Å². The number of allylic oxidation sites excluding steroid dienone is 1. The maximum absolute atomic E-state index is 11.2. The molecule has 0 aliphatic heterocycles. The summed E-state index contributed by atoms with van der Waals surface area (Å²) in [7, 11) is 0. The molecular weight excluding hydrogens is 204 g/mol. The van der Waals surface area contributed by atoms with Crippen molar-refractivity contribution in [2.45, 2.75) is 13.3 Å². The first-order valence-corrected chi connectivity index (χ1v) is 5.15. The molecule has 0 saturated carbocycles. The maximum atomic E-state index is 11.2. The largest absolute Gasteiger partial charge is 0.460 e. The van der Waals surface area contributed by atoms with Crippen LogP contribution in [0.4, 0.5) is 0 Å². The second-order valence-electron chi connectivity index (χ2n) is 3.16. The minimum absolute atomic E-state index is 0.0771. The van der Waals surface area contributed by atoms with E-state index in [1.807, 2.05) is 30.3 Å². The molecule has 0 aliphatic rings.